The minimum Gasteiger partial charge on any atom is -0.491 e. The number of ether oxygens (including phenoxy) is 2. The standard InChI is InChI=1S/C16H25BO4/c1-12-7-8-13(19-10-9-18-6)11-14(12)17-20-15(2,3)16(4,5)21-17/h7-8,11H,9-10H2,1-6H3. The molecule has 0 unspecified atom stereocenters. The summed E-state index contributed by atoms with van der Waals surface area (Å²) in [6, 6.07) is 5.98. The second-order valence-electron chi connectivity index (χ2n) is 6.45. The molecule has 0 amide bonds. The minimum atomic E-state index is -0.360. The Bertz CT molecular complexity index is 483. The maximum Gasteiger partial charge on any atom is 0.495 e. The number of hydrogen-bond donors (Lipinski definition) is 0. The normalized spacial score (nSPS) is 19.8. The molecular weight excluding hydrogens is 267 g/mol. The van der Waals surface area contributed by atoms with E-state index in [0.717, 1.165) is 16.8 Å². The van der Waals surface area contributed by atoms with E-state index in [4.69, 9.17) is 18.8 Å². The van der Waals surface area contributed by atoms with Crippen LogP contribution < -0.4 is 10.2 Å². The molecule has 0 aliphatic carbocycles. The van der Waals surface area contributed by atoms with E-state index in [1.165, 1.54) is 0 Å². The van der Waals surface area contributed by atoms with Gasteiger partial charge in [0.2, 0.25) is 0 Å². The van der Waals surface area contributed by atoms with Crippen LogP contribution in [0.3, 0.4) is 0 Å². The van der Waals surface area contributed by atoms with E-state index in [0.29, 0.717) is 13.2 Å². The molecule has 0 radical (unpaired) electrons. The summed E-state index contributed by atoms with van der Waals surface area (Å²) < 4.78 is 22.9. The summed E-state index contributed by atoms with van der Waals surface area (Å²) in [6.45, 7) is 11.4. The van der Waals surface area contributed by atoms with Gasteiger partial charge in [0.15, 0.2) is 0 Å². The van der Waals surface area contributed by atoms with Gasteiger partial charge in [-0.2, -0.15) is 0 Å². The van der Waals surface area contributed by atoms with Gasteiger partial charge in [-0.05, 0) is 52.2 Å². The lowest BCUT2D eigenvalue weighted by atomic mass is 9.76. The second-order valence-corrected chi connectivity index (χ2v) is 6.45. The van der Waals surface area contributed by atoms with Crippen LogP contribution in [-0.4, -0.2) is 38.6 Å². The predicted molar refractivity (Wildman–Crippen MR) is 84.3 cm³/mol. The summed E-state index contributed by atoms with van der Waals surface area (Å²) in [5, 5.41) is 0. The van der Waals surface area contributed by atoms with E-state index in [1.807, 2.05) is 18.2 Å². The SMILES string of the molecule is COCCOc1ccc(C)c(B2OC(C)(C)C(C)(C)O2)c1. The Kier molecular flexibility index (Phi) is 4.66. The zero-order valence-electron chi connectivity index (χ0n) is 13.9. The zero-order valence-corrected chi connectivity index (χ0v) is 13.9. The molecule has 1 aliphatic heterocycles. The van der Waals surface area contributed by atoms with Gasteiger partial charge in [-0.15, -0.1) is 0 Å². The third-order valence-electron chi connectivity index (χ3n) is 4.31. The van der Waals surface area contributed by atoms with Crippen LogP contribution in [0.4, 0.5) is 0 Å². The molecule has 1 heterocycles. The van der Waals surface area contributed by atoms with Crippen molar-refractivity contribution in [1.82, 2.24) is 0 Å². The fourth-order valence-corrected chi connectivity index (χ4v) is 2.18. The molecule has 1 aliphatic rings. The zero-order chi connectivity index (χ0) is 15.7. The summed E-state index contributed by atoms with van der Waals surface area (Å²) in [5.41, 5.74) is 1.48. The van der Waals surface area contributed by atoms with Gasteiger partial charge < -0.3 is 18.8 Å². The molecular formula is C16H25BO4. The van der Waals surface area contributed by atoms with Gasteiger partial charge in [-0.25, -0.2) is 0 Å². The monoisotopic (exact) mass is 292 g/mol. The fraction of sp³-hybridized carbons (Fsp3) is 0.625. The van der Waals surface area contributed by atoms with Crippen LogP contribution >= 0.6 is 0 Å². The van der Waals surface area contributed by atoms with Crippen molar-refractivity contribution in [2.24, 2.45) is 0 Å². The Balaban J connectivity index is 2.18. The van der Waals surface area contributed by atoms with Crippen molar-refractivity contribution in [3.8, 4) is 5.75 Å². The van der Waals surface area contributed by atoms with Gasteiger partial charge in [-0.1, -0.05) is 11.6 Å². The highest BCUT2D eigenvalue weighted by Crippen LogP contribution is 2.36. The van der Waals surface area contributed by atoms with Crippen LogP contribution in [0.15, 0.2) is 18.2 Å². The van der Waals surface area contributed by atoms with Gasteiger partial charge >= 0.3 is 7.12 Å². The lowest BCUT2D eigenvalue weighted by Crippen LogP contribution is -2.41. The Hall–Kier alpha value is -1.04. The first-order valence-corrected chi connectivity index (χ1v) is 7.35. The van der Waals surface area contributed by atoms with E-state index >= 15 is 0 Å². The first kappa shape index (κ1) is 16.3. The maximum absolute atomic E-state index is 6.11. The Morgan fingerprint density at radius 3 is 2.24 bits per heavy atom. The molecule has 1 aromatic carbocycles. The van der Waals surface area contributed by atoms with Crippen molar-refractivity contribution in [1.29, 1.82) is 0 Å². The van der Waals surface area contributed by atoms with Crippen molar-refractivity contribution >= 4 is 12.6 Å². The van der Waals surface area contributed by atoms with E-state index in [-0.39, 0.29) is 18.3 Å². The van der Waals surface area contributed by atoms with E-state index in [2.05, 4.69) is 34.6 Å². The highest BCUT2D eigenvalue weighted by Gasteiger charge is 2.52. The van der Waals surface area contributed by atoms with Gasteiger partial charge in [-0.3, -0.25) is 0 Å². The summed E-state index contributed by atoms with van der Waals surface area (Å²) >= 11 is 0. The number of methoxy groups -OCH3 is 1. The quantitative estimate of drug-likeness (QED) is 0.616. The largest absolute Gasteiger partial charge is 0.495 e. The van der Waals surface area contributed by atoms with E-state index in [9.17, 15) is 0 Å². The maximum atomic E-state index is 6.11. The molecule has 0 spiro atoms. The number of aryl methyl sites for hydroxylation is 1. The number of hydrogen-bond acceptors (Lipinski definition) is 4. The molecule has 1 aromatic rings. The highest BCUT2D eigenvalue weighted by molar-refractivity contribution is 6.62. The van der Waals surface area contributed by atoms with Crippen molar-refractivity contribution in [2.45, 2.75) is 45.8 Å². The van der Waals surface area contributed by atoms with Crippen LogP contribution in [0.5, 0.6) is 5.75 Å². The lowest BCUT2D eigenvalue weighted by Gasteiger charge is -2.32. The third-order valence-corrected chi connectivity index (χ3v) is 4.31. The predicted octanol–water partition coefficient (Wildman–Crippen LogP) is 2.32. The number of benzene rings is 1. The highest BCUT2D eigenvalue weighted by atomic mass is 16.7. The Morgan fingerprint density at radius 1 is 1.05 bits per heavy atom. The molecule has 2 rings (SSSR count). The number of rotatable bonds is 5. The van der Waals surface area contributed by atoms with Gasteiger partial charge in [0.05, 0.1) is 17.8 Å². The molecule has 0 aromatic heterocycles. The first-order valence-electron chi connectivity index (χ1n) is 7.35. The minimum absolute atomic E-state index is 0.336. The summed E-state index contributed by atoms with van der Waals surface area (Å²) in [4.78, 5) is 0. The van der Waals surface area contributed by atoms with Crippen molar-refractivity contribution in [2.75, 3.05) is 20.3 Å². The average Bonchev–Trinajstić information content (AvgIpc) is 2.60. The molecule has 5 heteroatoms. The van der Waals surface area contributed by atoms with Crippen LogP contribution in [0, 0.1) is 6.92 Å². The van der Waals surface area contributed by atoms with Crippen LogP contribution in [0.1, 0.15) is 33.3 Å². The summed E-state index contributed by atoms with van der Waals surface area (Å²) in [6.07, 6.45) is 0. The fourth-order valence-electron chi connectivity index (χ4n) is 2.18. The molecule has 0 N–H and O–H groups in total. The summed E-state index contributed by atoms with van der Waals surface area (Å²) in [7, 11) is 1.30. The van der Waals surface area contributed by atoms with Crippen LogP contribution in [0.25, 0.3) is 0 Å². The van der Waals surface area contributed by atoms with Crippen molar-refractivity contribution < 1.29 is 18.8 Å². The van der Waals surface area contributed by atoms with Crippen molar-refractivity contribution in [3.63, 3.8) is 0 Å². The molecule has 4 nitrogen and oxygen atoms in total. The molecule has 1 fully saturated rings. The van der Waals surface area contributed by atoms with Crippen molar-refractivity contribution in [3.05, 3.63) is 23.8 Å². The van der Waals surface area contributed by atoms with E-state index < -0.39 is 0 Å². The van der Waals surface area contributed by atoms with Gasteiger partial charge in [0.25, 0.3) is 0 Å². The smallest absolute Gasteiger partial charge is 0.491 e. The first-order chi connectivity index (χ1) is 9.77. The molecule has 0 atom stereocenters. The van der Waals surface area contributed by atoms with Gasteiger partial charge in [0.1, 0.15) is 12.4 Å². The molecule has 21 heavy (non-hydrogen) atoms. The second kappa shape index (κ2) is 5.99. The molecule has 1 saturated heterocycles. The molecule has 0 saturated carbocycles. The van der Waals surface area contributed by atoms with Crippen LogP contribution in [0.2, 0.25) is 0 Å². The summed E-state index contributed by atoms with van der Waals surface area (Å²) in [5.74, 6) is 0.808. The Labute approximate surface area is 127 Å². The topological polar surface area (TPSA) is 36.9 Å². The van der Waals surface area contributed by atoms with Crippen LogP contribution in [-0.2, 0) is 14.0 Å². The average molecular weight is 292 g/mol. The molecule has 0 bridgehead atoms. The molecule has 116 valence electrons. The Morgan fingerprint density at radius 2 is 1.67 bits per heavy atom. The van der Waals surface area contributed by atoms with Gasteiger partial charge in [0, 0.05) is 7.11 Å². The van der Waals surface area contributed by atoms with E-state index in [1.54, 1.807) is 7.11 Å². The third kappa shape index (κ3) is 3.42. The lowest BCUT2D eigenvalue weighted by molar-refractivity contribution is 0.00578.